The van der Waals surface area contributed by atoms with Crippen LogP contribution in [0, 0.1) is 19.7 Å². The lowest BCUT2D eigenvalue weighted by Crippen LogP contribution is -2.19. The van der Waals surface area contributed by atoms with Gasteiger partial charge in [-0.25, -0.2) is 9.37 Å². The van der Waals surface area contributed by atoms with Gasteiger partial charge in [-0.2, -0.15) is 4.98 Å². The molecule has 9 heteroatoms. The molecule has 6 nitrogen and oxygen atoms in total. The summed E-state index contributed by atoms with van der Waals surface area (Å²) < 4.78 is 21.4. The topological polar surface area (TPSA) is 69.0 Å². The first-order valence-electron chi connectivity index (χ1n) is 9.08. The predicted octanol–water partition coefficient (Wildman–Crippen LogP) is 5.06. The van der Waals surface area contributed by atoms with Gasteiger partial charge >= 0.3 is 5.56 Å². The van der Waals surface area contributed by atoms with Gasteiger partial charge in [0.2, 0.25) is 11.7 Å². The maximum absolute atomic E-state index is 13.5. The molecule has 0 spiro atoms. The maximum atomic E-state index is 13.5. The van der Waals surface area contributed by atoms with E-state index in [4.69, 9.17) is 16.3 Å². The van der Waals surface area contributed by atoms with Gasteiger partial charge in [-0.3, -0.25) is 4.79 Å². The largest absolute Gasteiger partial charge is 0.490 e. The van der Waals surface area contributed by atoms with Crippen molar-refractivity contribution in [3.63, 3.8) is 0 Å². The van der Waals surface area contributed by atoms with Crippen molar-refractivity contribution in [1.29, 1.82) is 0 Å². The number of anilines is 2. The number of benzene rings is 2. The van der Waals surface area contributed by atoms with Crippen molar-refractivity contribution in [3.8, 4) is 5.75 Å². The zero-order chi connectivity index (χ0) is 21.4. The molecule has 0 amide bonds. The first-order chi connectivity index (χ1) is 14.3. The number of halogens is 2. The molecule has 0 aliphatic heterocycles. The summed E-state index contributed by atoms with van der Waals surface area (Å²) in [5.74, 6) is -0.0397. The number of nitrogens with one attached hydrogen (secondary N) is 1. The molecular weight excluding hydrogens is 427 g/mol. The van der Waals surface area contributed by atoms with Gasteiger partial charge in [-0.15, -0.1) is 11.3 Å². The van der Waals surface area contributed by atoms with Crippen molar-refractivity contribution in [2.45, 2.75) is 20.4 Å². The zero-order valence-corrected chi connectivity index (χ0v) is 18.1. The van der Waals surface area contributed by atoms with Crippen LogP contribution in [0.4, 0.5) is 16.0 Å². The smallest absolute Gasteiger partial charge is 0.316 e. The van der Waals surface area contributed by atoms with Crippen LogP contribution in [0.3, 0.4) is 0 Å². The van der Waals surface area contributed by atoms with Crippen LogP contribution in [0.1, 0.15) is 16.1 Å². The molecule has 4 rings (SSSR count). The van der Waals surface area contributed by atoms with Crippen molar-refractivity contribution in [3.05, 3.63) is 73.9 Å². The second kappa shape index (κ2) is 8.04. The molecule has 0 aliphatic rings. The van der Waals surface area contributed by atoms with Gasteiger partial charge in [0.25, 0.3) is 0 Å². The number of fused-ring (bicyclic) bond motifs is 1. The molecular formula is C21H18ClFN4O2S. The van der Waals surface area contributed by atoms with E-state index >= 15 is 0 Å². The van der Waals surface area contributed by atoms with Crippen molar-refractivity contribution in [2.75, 3.05) is 12.4 Å². The van der Waals surface area contributed by atoms with Gasteiger partial charge < -0.3 is 14.6 Å². The molecule has 30 heavy (non-hydrogen) atoms. The highest BCUT2D eigenvalue weighted by Gasteiger charge is 2.13. The maximum Gasteiger partial charge on any atom is 0.316 e. The number of nitrogens with zero attached hydrogens (tertiary/aromatic N) is 3. The van der Waals surface area contributed by atoms with Crippen molar-refractivity contribution < 1.29 is 9.13 Å². The summed E-state index contributed by atoms with van der Waals surface area (Å²) in [5.41, 5.74) is 2.98. The van der Waals surface area contributed by atoms with E-state index in [1.54, 1.807) is 34.2 Å². The Morgan fingerprint density at radius 1 is 1.23 bits per heavy atom. The van der Waals surface area contributed by atoms with Crippen molar-refractivity contribution >= 4 is 44.8 Å². The Balaban J connectivity index is 1.76. The molecule has 0 atom stereocenters. The first kappa shape index (κ1) is 20.3. The van der Waals surface area contributed by atoms with Crippen LogP contribution in [0.25, 0.3) is 10.2 Å². The molecule has 154 valence electrons. The van der Waals surface area contributed by atoms with Crippen LogP contribution in [-0.2, 0) is 6.54 Å². The van der Waals surface area contributed by atoms with Gasteiger partial charge in [-0.1, -0.05) is 17.7 Å². The molecule has 2 aromatic heterocycles. The second-order valence-electron chi connectivity index (χ2n) is 6.81. The lowest BCUT2D eigenvalue weighted by Gasteiger charge is -2.16. The monoisotopic (exact) mass is 444 g/mol. The molecule has 0 radical (unpaired) electrons. The molecule has 0 bridgehead atoms. The van der Waals surface area contributed by atoms with Crippen LogP contribution in [0.15, 0.2) is 41.3 Å². The van der Waals surface area contributed by atoms with E-state index in [0.29, 0.717) is 12.5 Å². The minimum Gasteiger partial charge on any atom is -0.490 e. The summed E-state index contributed by atoms with van der Waals surface area (Å²) in [5, 5.41) is 4.26. The van der Waals surface area contributed by atoms with E-state index in [-0.39, 0.29) is 10.8 Å². The van der Waals surface area contributed by atoms with E-state index in [1.807, 2.05) is 26.0 Å². The summed E-state index contributed by atoms with van der Waals surface area (Å²) >= 11 is 7.51. The molecule has 4 aromatic rings. The lowest BCUT2D eigenvalue weighted by molar-refractivity contribution is 0.402. The van der Waals surface area contributed by atoms with Crippen LogP contribution in [0.5, 0.6) is 5.75 Å². The molecule has 0 unspecified atom stereocenters. The standard InChI is InChI=1S/C21H18ClFN4O2S/c1-11-6-17-19(30-12(2)24-17)8-16(11)25-21-26-20(28)18(29-3)10-27(21)9-13-4-5-15(23)14(22)7-13/h4-8,10H,9H2,1-3H3,(H,25,26,28). The fourth-order valence-electron chi connectivity index (χ4n) is 3.12. The number of ether oxygens (including phenoxy) is 1. The molecule has 0 saturated carbocycles. The van der Waals surface area contributed by atoms with Gasteiger partial charge in [-0.05, 0) is 49.2 Å². The van der Waals surface area contributed by atoms with Crippen molar-refractivity contribution in [1.82, 2.24) is 14.5 Å². The van der Waals surface area contributed by atoms with Crippen LogP contribution in [0.2, 0.25) is 5.02 Å². The van der Waals surface area contributed by atoms with Gasteiger partial charge in [0.15, 0.2) is 0 Å². The summed E-state index contributed by atoms with van der Waals surface area (Å²) in [6, 6.07) is 8.47. The molecule has 2 aromatic carbocycles. The second-order valence-corrected chi connectivity index (χ2v) is 8.45. The zero-order valence-electron chi connectivity index (χ0n) is 16.5. The van der Waals surface area contributed by atoms with Gasteiger partial charge in [0.1, 0.15) is 5.82 Å². The molecule has 2 heterocycles. The molecule has 0 fully saturated rings. The third-order valence-electron chi connectivity index (χ3n) is 4.61. The fourth-order valence-corrected chi connectivity index (χ4v) is 4.17. The normalized spacial score (nSPS) is 11.1. The third-order valence-corrected chi connectivity index (χ3v) is 5.83. The average molecular weight is 445 g/mol. The number of thiazole rings is 1. The highest BCUT2D eigenvalue weighted by Crippen LogP contribution is 2.29. The van der Waals surface area contributed by atoms with Crippen LogP contribution < -0.4 is 15.6 Å². The Hall–Kier alpha value is -2.97. The van der Waals surface area contributed by atoms with E-state index in [1.165, 1.54) is 13.2 Å². The SMILES string of the molecule is COc1cn(Cc2ccc(F)c(Cl)c2)c(Nc2cc3sc(C)nc3cc2C)nc1=O. The number of hydrogen-bond acceptors (Lipinski definition) is 6. The van der Waals surface area contributed by atoms with E-state index < -0.39 is 11.4 Å². The minimum absolute atomic E-state index is 0.0323. The summed E-state index contributed by atoms with van der Waals surface area (Å²) in [4.78, 5) is 21.0. The van der Waals surface area contributed by atoms with E-state index in [9.17, 15) is 9.18 Å². The summed E-state index contributed by atoms with van der Waals surface area (Å²) in [7, 11) is 1.41. The average Bonchev–Trinajstić information content (AvgIpc) is 3.05. The highest BCUT2D eigenvalue weighted by molar-refractivity contribution is 7.18. The van der Waals surface area contributed by atoms with Crippen LogP contribution in [-0.4, -0.2) is 21.6 Å². The van der Waals surface area contributed by atoms with E-state index in [2.05, 4.69) is 15.3 Å². The Bertz CT molecular complexity index is 1320. The number of rotatable bonds is 5. The summed E-state index contributed by atoms with van der Waals surface area (Å²) in [6.07, 6.45) is 1.57. The molecule has 0 aliphatic carbocycles. The Morgan fingerprint density at radius 2 is 2.03 bits per heavy atom. The van der Waals surface area contributed by atoms with Gasteiger partial charge in [0, 0.05) is 5.69 Å². The predicted molar refractivity (Wildman–Crippen MR) is 118 cm³/mol. The highest BCUT2D eigenvalue weighted by atomic mass is 35.5. The number of aromatic nitrogens is 3. The first-order valence-corrected chi connectivity index (χ1v) is 10.3. The Labute approximate surface area is 180 Å². The van der Waals surface area contributed by atoms with Crippen molar-refractivity contribution in [2.24, 2.45) is 0 Å². The minimum atomic E-state index is -0.488. The number of aryl methyl sites for hydroxylation is 2. The molecule has 1 N–H and O–H groups in total. The summed E-state index contributed by atoms with van der Waals surface area (Å²) in [6.45, 7) is 4.23. The Morgan fingerprint density at radius 3 is 2.77 bits per heavy atom. The fraction of sp³-hybridized carbons (Fsp3) is 0.190. The van der Waals surface area contributed by atoms with Gasteiger partial charge in [0.05, 0.1) is 40.1 Å². The Kier molecular flexibility index (Phi) is 5.44. The molecule has 0 saturated heterocycles. The lowest BCUT2D eigenvalue weighted by atomic mass is 10.2. The third kappa shape index (κ3) is 4.01. The quantitative estimate of drug-likeness (QED) is 0.465. The number of methoxy groups -OCH3 is 1. The van der Waals surface area contributed by atoms with E-state index in [0.717, 1.165) is 32.0 Å². The number of hydrogen-bond donors (Lipinski definition) is 1. The van der Waals surface area contributed by atoms with Crippen LogP contribution >= 0.6 is 22.9 Å².